The van der Waals surface area contributed by atoms with Crippen LogP contribution in [0.2, 0.25) is 0 Å². The Morgan fingerprint density at radius 2 is 1.91 bits per heavy atom. The van der Waals surface area contributed by atoms with E-state index in [-0.39, 0.29) is 6.42 Å². The van der Waals surface area contributed by atoms with E-state index in [9.17, 15) is 18.4 Å². The number of benzene rings is 1. The van der Waals surface area contributed by atoms with Gasteiger partial charge < -0.3 is 10.4 Å². The SMILES string of the molecule is CCCCCC[C@H](NC(=O)Cc1ccc(F)c(F)c1)C(=O)O. The van der Waals surface area contributed by atoms with Crippen molar-refractivity contribution in [2.75, 3.05) is 0 Å². The van der Waals surface area contributed by atoms with Gasteiger partial charge in [-0.1, -0.05) is 38.7 Å². The monoisotopic (exact) mass is 313 g/mol. The molecule has 0 fully saturated rings. The number of aliphatic carboxylic acids is 1. The Kier molecular flexibility index (Phi) is 7.49. The Balaban J connectivity index is 2.52. The molecule has 0 radical (unpaired) electrons. The van der Waals surface area contributed by atoms with Gasteiger partial charge in [-0.3, -0.25) is 4.79 Å². The quantitative estimate of drug-likeness (QED) is 0.689. The number of carbonyl (C=O) groups is 2. The summed E-state index contributed by atoms with van der Waals surface area (Å²) in [5.74, 6) is -3.62. The molecule has 1 amide bonds. The molecule has 0 aliphatic carbocycles. The lowest BCUT2D eigenvalue weighted by atomic mass is 10.1. The number of hydrogen-bond donors (Lipinski definition) is 2. The molecule has 4 nitrogen and oxygen atoms in total. The van der Waals surface area contributed by atoms with Crippen molar-refractivity contribution in [1.29, 1.82) is 0 Å². The highest BCUT2D eigenvalue weighted by molar-refractivity contribution is 5.84. The molecular formula is C16H21F2NO3. The summed E-state index contributed by atoms with van der Waals surface area (Å²) in [6.45, 7) is 2.05. The standard InChI is InChI=1S/C16H21F2NO3/c1-2-3-4-5-6-14(16(21)22)19-15(20)10-11-7-8-12(17)13(18)9-11/h7-9,14H,2-6,10H2,1H3,(H,19,20)(H,21,22)/t14-/m0/s1. The molecule has 0 saturated carbocycles. The van der Waals surface area contributed by atoms with Crippen LogP contribution in [0.3, 0.4) is 0 Å². The van der Waals surface area contributed by atoms with Gasteiger partial charge in [0.25, 0.3) is 0 Å². The summed E-state index contributed by atoms with van der Waals surface area (Å²) in [4.78, 5) is 22.9. The zero-order valence-corrected chi connectivity index (χ0v) is 12.6. The molecule has 1 aromatic carbocycles. The highest BCUT2D eigenvalue weighted by atomic mass is 19.2. The third-order valence-electron chi connectivity index (χ3n) is 3.33. The number of rotatable bonds is 9. The van der Waals surface area contributed by atoms with Gasteiger partial charge in [0.05, 0.1) is 6.42 Å². The first kappa shape index (κ1) is 18.1. The van der Waals surface area contributed by atoms with E-state index in [0.717, 1.165) is 37.8 Å². The van der Waals surface area contributed by atoms with Gasteiger partial charge in [0, 0.05) is 0 Å². The number of carboxylic acids is 1. The van der Waals surface area contributed by atoms with Crippen molar-refractivity contribution in [3.63, 3.8) is 0 Å². The first-order valence-electron chi connectivity index (χ1n) is 7.40. The topological polar surface area (TPSA) is 66.4 Å². The van der Waals surface area contributed by atoms with Gasteiger partial charge in [-0.2, -0.15) is 0 Å². The van der Waals surface area contributed by atoms with E-state index in [0.29, 0.717) is 12.0 Å². The van der Waals surface area contributed by atoms with Gasteiger partial charge in [0.2, 0.25) is 5.91 Å². The molecule has 0 aliphatic rings. The first-order valence-corrected chi connectivity index (χ1v) is 7.40. The summed E-state index contributed by atoms with van der Waals surface area (Å²) in [7, 11) is 0. The van der Waals surface area contributed by atoms with Crippen molar-refractivity contribution < 1.29 is 23.5 Å². The van der Waals surface area contributed by atoms with Crippen LogP contribution in [0.1, 0.15) is 44.6 Å². The van der Waals surface area contributed by atoms with Crippen LogP contribution in [-0.2, 0) is 16.0 Å². The highest BCUT2D eigenvalue weighted by Gasteiger charge is 2.19. The molecule has 0 heterocycles. The lowest BCUT2D eigenvalue weighted by Crippen LogP contribution is -2.41. The first-order chi connectivity index (χ1) is 10.4. The number of carbonyl (C=O) groups excluding carboxylic acids is 1. The van der Waals surface area contributed by atoms with E-state index < -0.39 is 29.6 Å². The van der Waals surface area contributed by atoms with E-state index in [2.05, 4.69) is 12.2 Å². The molecule has 0 saturated heterocycles. The number of carboxylic acid groups (broad SMARTS) is 1. The Labute approximate surface area is 128 Å². The summed E-state index contributed by atoms with van der Waals surface area (Å²) < 4.78 is 25.9. The van der Waals surface area contributed by atoms with Crippen LogP contribution >= 0.6 is 0 Å². The maximum atomic E-state index is 13.1. The largest absolute Gasteiger partial charge is 0.480 e. The highest BCUT2D eigenvalue weighted by Crippen LogP contribution is 2.10. The van der Waals surface area contributed by atoms with Gasteiger partial charge in [-0.15, -0.1) is 0 Å². The Morgan fingerprint density at radius 1 is 1.18 bits per heavy atom. The maximum Gasteiger partial charge on any atom is 0.326 e. The predicted octanol–water partition coefficient (Wildman–Crippen LogP) is 3.05. The second-order valence-electron chi connectivity index (χ2n) is 5.23. The third kappa shape index (κ3) is 6.20. The van der Waals surface area contributed by atoms with Crippen molar-refractivity contribution in [3.8, 4) is 0 Å². The molecule has 0 bridgehead atoms. The molecule has 0 spiro atoms. The second-order valence-corrected chi connectivity index (χ2v) is 5.23. The molecule has 22 heavy (non-hydrogen) atoms. The Morgan fingerprint density at radius 3 is 2.50 bits per heavy atom. The lowest BCUT2D eigenvalue weighted by molar-refractivity contribution is -0.142. The van der Waals surface area contributed by atoms with E-state index in [4.69, 9.17) is 5.11 Å². The van der Waals surface area contributed by atoms with E-state index in [1.54, 1.807) is 0 Å². The molecule has 1 aromatic rings. The number of hydrogen-bond acceptors (Lipinski definition) is 2. The van der Waals surface area contributed by atoms with Crippen LogP contribution < -0.4 is 5.32 Å². The molecular weight excluding hydrogens is 292 g/mol. The second kappa shape index (κ2) is 9.12. The molecule has 2 N–H and O–H groups in total. The van der Waals surface area contributed by atoms with Crippen LogP contribution in [-0.4, -0.2) is 23.0 Å². The normalized spacial score (nSPS) is 12.0. The fourth-order valence-corrected chi connectivity index (χ4v) is 2.11. The Bertz CT molecular complexity index is 520. The average Bonchev–Trinajstić information content (AvgIpc) is 2.46. The lowest BCUT2D eigenvalue weighted by Gasteiger charge is -2.14. The molecule has 6 heteroatoms. The van der Waals surface area contributed by atoms with Crippen molar-refractivity contribution in [2.24, 2.45) is 0 Å². The molecule has 1 atom stereocenters. The van der Waals surface area contributed by atoms with Crippen molar-refractivity contribution in [2.45, 2.75) is 51.5 Å². The van der Waals surface area contributed by atoms with E-state index in [1.807, 2.05) is 0 Å². The summed E-state index contributed by atoms with van der Waals surface area (Å²) in [5, 5.41) is 11.5. The van der Waals surface area contributed by atoms with Crippen molar-refractivity contribution in [1.82, 2.24) is 5.32 Å². The van der Waals surface area contributed by atoms with Gasteiger partial charge in [-0.05, 0) is 24.1 Å². The van der Waals surface area contributed by atoms with Gasteiger partial charge in [0.15, 0.2) is 11.6 Å². The van der Waals surface area contributed by atoms with E-state index >= 15 is 0 Å². The molecule has 0 aliphatic heterocycles. The van der Waals surface area contributed by atoms with Crippen molar-refractivity contribution >= 4 is 11.9 Å². The minimum atomic E-state index is -1.09. The third-order valence-corrected chi connectivity index (χ3v) is 3.33. The zero-order chi connectivity index (χ0) is 16.5. The number of unbranched alkanes of at least 4 members (excludes halogenated alkanes) is 3. The molecule has 0 aromatic heterocycles. The van der Waals surface area contributed by atoms with Crippen LogP contribution in [0.5, 0.6) is 0 Å². The van der Waals surface area contributed by atoms with Crippen LogP contribution in [0, 0.1) is 11.6 Å². The minimum absolute atomic E-state index is 0.185. The predicted molar refractivity (Wildman–Crippen MR) is 78.4 cm³/mol. The number of halogens is 2. The molecule has 0 unspecified atom stereocenters. The fraction of sp³-hybridized carbons (Fsp3) is 0.500. The average molecular weight is 313 g/mol. The van der Waals surface area contributed by atoms with Crippen LogP contribution in [0.4, 0.5) is 8.78 Å². The smallest absolute Gasteiger partial charge is 0.326 e. The minimum Gasteiger partial charge on any atom is -0.480 e. The summed E-state index contributed by atoms with van der Waals surface area (Å²) in [5.41, 5.74) is 0.298. The van der Waals surface area contributed by atoms with Crippen LogP contribution in [0.15, 0.2) is 18.2 Å². The maximum absolute atomic E-state index is 13.1. The fourth-order valence-electron chi connectivity index (χ4n) is 2.11. The Hall–Kier alpha value is -1.98. The van der Waals surface area contributed by atoms with Crippen LogP contribution in [0.25, 0.3) is 0 Å². The zero-order valence-electron chi connectivity index (χ0n) is 12.6. The van der Waals surface area contributed by atoms with Crippen molar-refractivity contribution in [3.05, 3.63) is 35.4 Å². The summed E-state index contributed by atoms with van der Waals surface area (Å²) in [6.07, 6.45) is 3.87. The number of nitrogens with one attached hydrogen (secondary N) is 1. The van der Waals surface area contributed by atoms with E-state index in [1.165, 1.54) is 6.07 Å². The molecule has 1 rings (SSSR count). The summed E-state index contributed by atoms with van der Waals surface area (Å²) in [6, 6.07) is 2.23. The summed E-state index contributed by atoms with van der Waals surface area (Å²) >= 11 is 0. The van der Waals surface area contributed by atoms with Gasteiger partial charge in [0.1, 0.15) is 6.04 Å². The van der Waals surface area contributed by atoms with Gasteiger partial charge >= 0.3 is 5.97 Å². The van der Waals surface area contributed by atoms with Gasteiger partial charge in [-0.25, -0.2) is 13.6 Å². The number of amides is 1. The molecule has 122 valence electrons.